The Kier molecular flexibility index (Phi) is 7.24. The molecule has 3 aliphatic rings. The van der Waals surface area contributed by atoms with Crippen molar-refractivity contribution in [1.29, 1.82) is 0 Å². The minimum atomic E-state index is -0.475. The summed E-state index contributed by atoms with van der Waals surface area (Å²) in [6.07, 6.45) is 9.03. The molecule has 0 N–H and O–H groups in total. The highest BCUT2D eigenvalue weighted by Crippen LogP contribution is 2.32. The first-order valence-corrected chi connectivity index (χ1v) is 11.2. The first-order valence-electron chi connectivity index (χ1n) is 11.2. The van der Waals surface area contributed by atoms with E-state index in [2.05, 4.69) is 0 Å². The molecule has 28 heavy (non-hydrogen) atoms. The predicted molar refractivity (Wildman–Crippen MR) is 108 cm³/mol. The van der Waals surface area contributed by atoms with E-state index in [-0.39, 0.29) is 24.1 Å². The van der Waals surface area contributed by atoms with Gasteiger partial charge in [0.2, 0.25) is 5.91 Å². The van der Waals surface area contributed by atoms with E-state index in [1.807, 2.05) is 30.6 Å². The van der Waals surface area contributed by atoms with Gasteiger partial charge >= 0.3 is 6.09 Å². The summed E-state index contributed by atoms with van der Waals surface area (Å²) in [6, 6.07) is 0.182. The summed E-state index contributed by atoms with van der Waals surface area (Å²) in [5.41, 5.74) is -0.475. The molecule has 0 aromatic heterocycles. The summed E-state index contributed by atoms with van der Waals surface area (Å²) in [6.45, 7) is 8.85. The molecule has 0 aromatic carbocycles. The average molecular weight is 395 g/mol. The van der Waals surface area contributed by atoms with Gasteiger partial charge in [0.15, 0.2) is 0 Å². The molecule has 6 heteroatoms. The molecule has 6 nitrogen and oxygen atoms in total. The molecule has 160 valence electrons. The number of likely N-dealkylation sites (tertiary alicyclic amines) is 1. The van der Waals surface area contributed by atoms with Crippen LogP contribution in [-0.2, 0) is 14.3 Å². The van der Waals surface area contributed by atoms with E-state index in [1.54, 1.807) is 0 Å². The van der Waals surface area contributed by atoms with E-state index in [0.29, 0.717) is 12.3 Å². The lowest BCUT2D eigenvalue weighted by Crippen LogP contribution is -2.50. The highest BCUT2D eigenvalue weighted by atomic mass is 16.6. The normalized spacial score (nSPS) is 24.1. The van der Waals surface area contributed by atoms with E-state index in [9.17, 15) is 9.59 Å². The van der Waals surface area contributed by atoms with Crippen molar-refractivity contribution in [3.05, 3.63) is 0 Å². The molecule has 0 spiro atoms. The number of piperidine rings is 1. The van der Waals surface area contributed by atoms with Crippen molar-refractivity contribution in [3.63, 3.8) is 0 Å². The molecule has 2 amide bonds. The maximum atomic E-state index is 12.7. The van der Waals surface area contributed by atoms with Crippen molar-refractivity contribution >= 4 is 12.0 Å². The van der Waals surface area contributed by atoms with Crippen LogP contribution >= 0.6 is 0 Å². The maximum Gasteiger partial charge on any atom is 0.410 e. The van der Waals surface area contributed by atoms with Crippen LogP contribution in [0, 0.1) is 5.92 Å². The van der Waals surface area contributed by atoms with Crippen LogP contribution in [-0.4, -0.2) is 65.8 Å². The van der Waals surface area contributed by atoms with Gasteiger partial charge < -0.3 is 19.3 Å². The van der Waals surface area contributed by atoms with Gasteiger partial charge in [0.25, 0.3) is 0 Å². The molecule has 2 aliphatic heterocycles. The van der Waals surface area contributed by atoms with Crippen LogP contribution < -0.4 is 0 Å². The molecule has 0 radical (unpaired) electrons. The summed E-state index contributed by atoms with van der Waals surface area (Å²) in [5, 5.41) is 0. The molecular weight excluding hydrogens is 356 g/mol. The van der Waals surface area contributed by atoms with Crippen LogP contribution in [0.15, 0.2) is 0 Å². The Morgan fingerprint density at radius 1 is 1.07 bits per heavy atom. The van der Waals surface area contributed by atoms with E-state index in [1.165, 1.54) is 19.3 Å². The summed E-state index contributed by atoms with van der Waals surface area (Å²) < 4.78 is 11.4. The smallest absolute Gasteiger partial charge is 0.410 e. The largest absolute Gasteiger partial charge is 0.444 e. The van der Waals surface area contributed by atoms with E-state index >= 15 is 0 Å². The highest BCUT2D eigenvalue weighted by molar-refractivity contribution is 5.76. The Morgan fingerprint density at radius 3 is 2.36 bits per heavy atom. The van der Waals surface area contributed by atoms with Crippen LogP contribution in [0.1, 0.15) is 78.6 Å². The number of carbonyl (C=O) groups is 2. The SMILES string of the molecule is CC(C)(C)OC(=O)N(CC1CC1)C1CCN(C(=O)CCC2CCCCO2)CC1. The minimum absolute atomic E-state index is 0.182. The first-order chi connectivity index (χ1) is 13.3. The molecule has 1 aliphatic carbocycles. The van der Waals surface area contributed by atoms with Crippen molar-refractivity contribution in [1.82, 2.24) is 9.80 Å². The quantitative estimate of drug-likeness (QED) is 0.684. The zero-order valence-corrected chi connectivity index (χ0v) is 18.0. The van der Waals surface area contributed by atoms with Gasteiger partial charge in [0.1, 0.15) is 5.60 Å². The van der Waals surface area contributed by atoms with Crippen LogP contribution in [0.3, 0.4) is 0 Å². The number of nitrogens with zero attached hydrogens (tertiary/aromatic N) is 2. The lowest BCUT2D eigenvalue weighted by molar-refractivity contribution is -0.133. The van der Waals surface area contributed by atoms with Crippen LogP contribution in [0.5, 0.6) is 0 Å². The third-order valence-electron chi connectivity index (χ3n) is 5.99. The van der Waals surface area contributed by atoms with E-state index in [4.69, 9.17) is 9.47 Å². The standard InChI is InChI=1S/C22H38N2O4/c1-22(2,3)28-21(26)24(16-17-7-8-17)18-11-13-23(14-12-18)20(25)10-9-19-6-4-5-15-27-19/h17-19H,4-16H2,1-3H3. The van der Waals surface area contributed by atoms with Gasteiger partial charge in [-0.05, 0) is 78.1 Å². The van der Waals surface area contributed by atoms with Gasteiger partial charge in [-0.15, -0.1) is 0 Å². The van der Waals surface area contributed by atoms with E-state index < -0.39 is 5.60 Å². The van der Waals surface area contributed by atoms with Gasteiger partial charge in [-0.3, -0.25) is 4.79 Å². The van der Waals surface area contributed by atoms with Crippen LogP contribution in [0.4, 0.5) is 4.79 Å². The molecule has 3 rings (SSSR count). The fourth-order valence-electron chi connectivity index (χ4n) is 4.18. The molecule has 1 unspecified atom stereocenters. The molecular formula is C22H38N2O4. The summed E-state index contributed by atoms with van der Waals surface area (Å²) in [5.74, 6) is 0.862. The number of rotatable bonds is 6. The van der Waals surface area contributed by atoms with Crippen molar-refractivity contribution in [2.24, 2.45) is 5.92 Å². The fourth-order valence-corrected chi connectivity index (χ4v) is 4.18. The maximum absolute atomic E-state index is 12.7. The molecule has 2 heterocycles. The average Bonchev–Trinajstić information content (AvgIpc) is 3.48. The second-order valence-electron chi connectivity index (χ2n) is 9.72. The van der Waals surface area contributed by atoms with Gasteiger partial charge in [0.05, 0.1) is 6.10 Å². The van der Waals surface area contributed by atoms with Crippen LogP contribution in [0.25, 0.3) is 0 Å². The van der Waals surface area contributed by atoms with Crippen molar-refractivity contribution < 1.29 is 19.1 Å². The highest BCUT2D eigenvalue weighted by Gasteiger charge is 2.36. The molecule has 1 saturated carbocycles. The summed E-state index contributed by atoms with van der Waals surface area (Å²) in [7, 11) is 0. The fraction of sp³-hybridized carbons (Fsp3) is 0.909. The Balaban J connectivity index is 1.46. The lowest BCUT2D eigenvalue weighted by atomic mass is 10.0. The number of hydrogen-bond donors (Lipinski definition) is 0. The molecule has 0 bridgehead atoms. The zero-order valence-electron chi connectivity index (χ0n) is 18.0. The van der Waals surface area contributed by atoms with Crippen LogP contribution in [0.2, 0.25) is 0 Å². The Morgan fingerprint density at radius 2 is 1.79 bits per heavy atom. The van der Waals surface area contributed by atoms with Gasteiger partial charge in [0, 0.05) is 38.7 Å². The predicted octanol–water partition coefficient (Wildman–Crippen LogP) is 3.97. The van der Waals surface area contributed by atoms with Crippen molar-refractivity contribution in [2.75, 3.05) is 26.2 Å². The van der Waals surface area contributed by atoms with Gasteiger partial charge in [-0.25, -0.2) is 4.79 Å². The van der Waals surface area contributed by atoms with Gasteiger partial charge in [-0.1, -0.05) is 0 Å². The first kappa shape index (κ1) is 21.4. The molecule has 3 fully saturated rings. The second kappa shape index (κ2) is 9.47. The lowest BCUT2D eigenvalue weighted by Gasteiger charge is -2.39. The third-order valence-corrected chi connectivity index (χ3v) is 5.99. The monoisotopic (exact) mass is 394 g/mol. The Labute approximate surface area is 169 Å². The molecule has 1 atom stereocenters. The number of amides is 2. The van der Waals surface area contributed by atoms with E-state index in [0.717, 1.165) is 58.3 Å². The summed E-state index contributed by atoms with van der Waals surface area (Å²) in [4.78, 5) is 29.2. The van der Waals surface area contributed by atoms with Gasteiger partial charge in [-0.2, -0.15) is 0 Å². The van der Waals surface area contributed by atoms with Crippen molar-refractivity contribution in [2.45, 2.75) is 96.3 Å². The minimum Gasteiger partial charge on any atom is -0.444 e. The molecule has 0 aromatic rings. The summed E-state index contributed by atoms with van der Waals surface area (Å²) >= 11 is 0. The second-order valence-corrected chi connectivity index (χ2v) is 9.72. The third kappa shape index (κ3) is 6.64. The number of hydrogen-bond acceptors (Lipinski definition) is 4. The Bertz CT molecular complexity index is 527. The topological polar surface area (TPSA) is 59.1 Å². The Hall–Kier alpha value is -1.30. The number of carbonyl (C=O) groups excluding carboxylic acids is 2. The van der Waals surface area contributed by atoms with Crippen molar-refractivity contribution in [3.8, 4) is 0 Å². The number of ether oxygens (including phenoxy) is 2. The zero-order chi connectivity index (χ0) is 20.1. The molecule has 2 saturated heterocycles.